The number of hydrogen-bond acceptors (Lipinski definition) is 3. The monoisotopic (exact) mass is 289 g/mol. The smallest absolute Gasteiger partial charge is 0.0888 e. The molecule has 1 fully saturated rings. The average Bonchev–Trinajstić information content (AvgIpc) is 2.39. The van der Waals surface area contributed by atoms with Gasteiger partial charge in [-0.2, -0.15) is 0 Å². The zero-order valence-corrected chi connectivity index (χ0v) is 11.5. The molecule has 0 spiro atoms. The van der Waals surface area contributed by atoms with E-state index in [4.69, 9.17) is 33.7 Å². The van der Waals surface area contributed by atoms with Crippen molar-refractivity contribution >= 4 is 23.2 Å². The standard InChI is InChI=1S/C13H17Cl2NO2/c14-9-2-1-3-10(15)11(9)12(17)13(8-16)4-6-18-7-5-13/h1-3,12,17H,4-8,16H2. The molecule has 5 heteroatoms. The second-order valence-electron chi connectivity index (χ2n) is 4.72. The molecule has 100 valence electrons. The van der Waals surface area contributed by atoms with Crippen molar-refractivity contribution in [1.29, 1.82) is 0 Å². The van der Waals surface area contributed by atoms with Crippen molar-refractivity contribution in [2.75, 3.05) is 19.8 Å². The van der Waals surface area contributed by atoms with Crippen molar-refractivity contribution in [2.45, 2.75) is 18.9 Å². The maximum Gasteiger partial charge on any atom is 0.0888 e. The highest BCUT2D eigenvalue weighted by molar-refractivity contribution is 6.36. The quantitative estimate of drug-likeness (QED) is 0.900. The molecule has 0 bridgehead atoms. The summed E-state index contributed by atoms with van der Waals surface area (Å²) in [6, 6.07) is 5.23. The second kappa shape index (κ2) is 5.76. The summed E-state index contributed by atoms with van der Waals surface area (Å²) in [6.07, 6.45) is 0.672. The summed E-state index contributed by atoms with van der Waals surface area (Å²) in [4.78, 5) is 0. The Hall–Kier alpha value is -0.320. The number of hydrogen-bond donors (Lipinski definition) is 2. The lowest BCUT2D eigenvalue weighted by Crippen LogP contribution is -2.41. The van der Waals surface area contributed by atoms with Gasteiger partial charge in [-0.15, -0.1) is 0 Å². The maximum absolute atomic E-state index is 10.7. The van der Waals surface area contributed by atoms with E-state index in [1.54, 1.807) is 18.2 Å². The van der Waals surface area contributed by atoms with Crippen molar-refractivity contribution in [3.05, 3.63) is 33.8 Å². The van der Waals surface area contributed by atoms with Crippen LogP contribution in [0, 0.1) is 5.41 Å². The second-order valence-corrected chi connectivity index (χ2v) is 5.53. The largest absolute Gasteiger partial charge is 0.388 e. The Bertz CT molecular complexity index is 399. The van der Waals surface area contributed by atoms with E-state index < -0.39 is 11.5 Å². The minimum Gasteiger partial charge on any atom is -0.388 e. The van der Waals surface area contributed by atoms with Gasteiger partial charge >= 0.3 is 0 Å². The van der Waals surface area contributed by atoms with Crippen molar-refractivity contribution in [3.8, 4) is 0 Å². The normalized spacial score (nSPS) is 20.7. The predicted molar refractivity (Wildman–Crippen MR) is 73.0 cm³/mol. The Morgan fingerprint density at radius 3 is 2.33 bits per heavy atom. The van der Waals surface area contributed by atoms with E-state index in [1.807, 2.05) is 0 Å². The highest BCUT2D eigenvalue weighted by Crippen LogP contribution is 2.45. The Balaban J connectivity index is 2.36. The summed E-state index contributed by atoms with van der Waals surface area (Å²) in [6.45, 7) is 1.60. The molecule has 0 saturated carbocycles. The van der Waals surface area contributed by atoms with Gasteiger partial charge in [-0.25, -0.2) is 0 Å². The number of ether oxygens (including phenoxy) is 1. The molecule has 1 heterocycles. The third-order valence-electron chi connectivity index (χ3n) is 3.75. The summed E-state index contributed by atoms with van der Waals surface area (Å²) in [7, 11) is 0. The van der Waals surface area contributed by atoms with Crippen LogP contribution in [0.15, 0.2) is 18.2 Å². The molecular formula is C13H17Cl2NO2. The summed E-state index contributed by atoms with van der Waals surface area (Å²) in [5.41, 5.74) is 6.06. The van der Waals surface area contributed by atoms with E-state index in [9.17, 15) is 5.11 Å². The molecule has 0 amide bonds. The van der Waals surface area contributed by atoms with Crippen molar-refractivity contribution < 1.29 is 9.84 Å². The highest BCUT2D eigenvalue weighted by Gasteiger charge is 2.40. The van der Waals surface area contributed by atoms with Gasteiger partial charge in [0.05, 0.1) is 6.10 Å². The fraction of sp³-hybridized carbons (Fsp3) is 0.538. The third-order valence-corrected chi connectivity index (χ3v) is 4.41. The molecule has 0 radical (unpaired) electrons. The summed E-state index contributed by atoms with van der Waals surface area (Å²) >= 11 is 12.3. The zero-order valence-electron chi connectivity index (χ0n) is 10.0. The van der Waals surface area contributed by atoms with Gasteiger partial charge < -0.3 is 15.6 Å². The first-order valence-electron chi connectivity index (χ1n) is 6.00. The fourth-order valence-corrected chi connectivity index (χ4v) is 3.05. The Labute approximate surface area is 117 Å². The highest BCUT2D eigenvalue weighted by atomic mass is 35.5. The van der Waals surface area contributed by atoms with Crippen LogP contribution >= 0.6 is 23.2 Å². The first-order chi connectivity index (χ1) is 8.60. The Morgan fingerprint density at radius 1 is 1.28 bits per heavy atom. The maximum atomic E-state index is 10.7. The van der Waals surface area contributed by atoms with Gasteiger partial charge in [0.1, 0.15) is 0 Å². The van der Waals surface area contributed by atoms with Gasteiger partial charge in [-0.3, -0.25) is 0 Å². The molecule has 1 unspecified atom stereocenters. The molecule has 1 aliphatic heterocycles. The predicted octanol–water partition coefficient (Wildman–Crippen LogP) is 2.78. The van der Waals surface area contributed by atoms with Crippen molar-refractivity contribution in [1.82, 2.24) is 0 Å². The van der Waals surface area contributed by atoms with Crippen LogP contribution in [0.4, 0.5) is 0 Å². The van der Waals surface area contributed by atoms with Crippen LogP contribution < -0.4 is 5.73 Å². The van der Waals surface area contributed by atoms with Crippen molar-refractivity contribution in [3.63, 3.8) is 0 Å². The van der Waals surface area contributed by atoms with Gasteiger partial charge in [0.15, 0.2) is 0 Å². The number of benzene rings is 1. The van der Waals surface area contributed by atoms with Crippen LogP contribution in [0.1, 0.15) is 24.5 Å². The Morgan fingerprint density at radius 2 is 1.83 bits per heavy atom. The van der Waals surface area contributed by atoms with E-state index in [1.165, 1.54) is 0 Å². The number of aliphatic hydroxyl groups is 1. The van der Waals surface area contributed by atoms with Crippen LogP contribution in [0.5, 0.6) is 0 Å². The molecule has 2 rings (SSSR count). The van der Waals surface area contributed by atoms with Gasteiger partial charge in [0.25, 0.3) is 0 Å². The Kier molecular flexibility index (Phi) is 4.51. The first kappa shape index (κ1) is 14.1. The summed E-state index contributed by atoms with van der Waals surface area (Å²) in [5, 5.41) is 11.6. The molecule has 0 aromatic heterocycles. The van der Waals surface area contributed by atoms with E-state index >= 15 is 0 Å². The van der Waals surface area contributed by atoms with Crippen molar-refractivity contribution in [2.24, 2.45) is 11.1 Å². The lowest BCUT2D eigenvalue weighted by atomic mass is 9.73. The number of nitrogens with two attached hydrogens (primary N) is 1. The first-order valence-corrected chi connectivity index (χ1v) is 6.76. The number of rotatable bonds is 3. The molecular weight excluding hydrogens is 273 g/mol. The lowest BCUT2D eigenvalue weighted by molar-refractivity contribution is -0.0580. The van der Waals surface area contributed by atoms with Crippen LogP contribution in [-0.2, 0) is 4.74 Å². The van der Waals surface area contributed by atoms with E-state index in [0.717, 1.165) is 0 Å². The SMILES string of the molecule is NCC1(C(O)c2c(Cl)cccc2Cl)CCOCC1. The lowest BCUT2D eigenvalue weighted by Gasteiger charge is -2.40. The van der Waals surface area contributed by atoms with E-state index in [0.29, 0.717) is 48.2 Å². The molecule has 3 N–H and O–H groups in total. The van der Waals surface area contributed by atoms with Gasteiger partial charge in [-0.05, 0) is 25.0 Å². The molecule has 0 aliphatic carbocycles. The third kappa shape index (κ3) is 2.51. The van der Waals surface area contributed by atoms with E-state index in [2.05, 4.69) is 0 Å². The fourth-order valence-electron chi connectivity index (χ4n) is 2.45. The molecule has 1 aromatic rings. The van der Waals surface area contributed by atoms with Crippen LogP contribution in [0.3, 0.4) is 0 Å². The molecule has 1 aromatic carbocycles. The van der Waals surface area contributed by atoms with Gasteiger partial charge in [0.2, 0.25) is 0 Å². The van der Waals surface area contributed by atoms with Crippen LogP contribution in [-0.4, -0.2) is 24.9 Å². The minimum atomic E-state index is -0.757. The number of halogens is 2. The van der Waals surface area contributed by atoms with Gasteiger partial charge in [-0.1, -0.05) is 29.3 Å². The number of aliphatic hydroxyl groups excluding tert-OH is 1. The zero-order chi connectivity index (χ0) is 13.2. The van der Waals surface area contributed by atoms with Crippen LogP contribution in [0.25, 0.3) is 0 Å². The molecule has 18 heavy (non-hydrogen) atoms. The topological polar surface area (TPSA) is 55.5 Å². The van der Waals surface area contributed by atoms with Crippen LogP contribution in [0.2, 0.25) is 10.0 Å². The minimum absolute atomic E-state index is 0.388. The molecule has 1 aliphatic rings. The summed E-state index contributed by atoms with van der Waals surface area (Å²) in [5.74, 6) is 0. The van der Waals surface area contributed by atoms with Gasteiger partial charge in [0, 0.05) is 40.8 Å². The average molecular weight is 290 g/mol. The molecule has 1 atom stereocenters. The van der Waals surface area contributed by atoms with E-state index in [-0.39, 0.29) is 0 Å². The molecule has 1 saturated heterocycles. The molecule has 3 nitrogen and oxygen atoms in total. The summed E-state index contributed by atoms with van der Waals surface area (Å²) < 4.78 is 5.34.